The van der Waals surface area contributed by atoms with Crippen LogP contribution in [0.25, 0.3) is 0 Å². The van der Waals surface area contributed by atoms with Gasteiger partial charge >= 0.3 is 35.5 Å². The fraction of sp³-hybridized carbons (Fsp3) is 0.800. The molecule has 1 atom stereocenters. The molecule has 0 aromatic heterocycles. The van der Waals surface area contributed by atoms with Gasteiger partial charge in [-0.3, -0.25) is 4.79 Å². The van der Waals surface area contributed by atoms with Crippen molar-refractivity contribution in [2.45, 2.75) is 40.5 Å². The Morgan fingerprint density at radius 1 is 1.27 bits per heavy atom. The molecule has 0 aliphatic carbocycles. The third-order valence-electron chi connectivity index (χ3n) is 2.68. The number of carboxylic acid groups (broad SMARTS) is 2. The second-order valence-electron chi connectivity index (χ2n) is 4.57. The molecular weight excluding hydrogens is 207 g/mol. The second kappa shape index (κ2) is 5.87. The smallest absolute Gasteiger partial charge is 0.550 e. The molecule has 0 saturated carbocycles. The normalized spacial score (nSPS) is 14.9. The Bertz CT molecular complexity index is 250. The van der Waals surface area contributed by atoms with Crippen LogP contribution in [0.5, 0.6) is 0 Å². The molecule has 0 radical (unpaired) electrons. The number of rotatable bonds is 5. The first kappa shape index (κ1) is 17.3. The predicted octanol–water partition coefficient (Wildman–Crippen LogP) is -2.34. The summed E-state index contributed by atoms with van der Waals surface area (Å²) in [7, 11) is 0. The Morgan fingerprint density at radius 3 is 1.87 bits per heavy atom. The Labute approximate surface area is 112 Å². The molecule has 0 saturated heterocycles. The summed E-state index contributed by atoms with van der Waals surface area (Å²) in [5.74, 6) is -2.17. The minimum absolute atomic E-state index is 0. The summed E-state index contributed by atoms with van der Waals surface area (Å²) in [5.41, 5.74) is -2.10. The van der Waals surface area contributed by atoms with Crippen molar-refractivity contribution in [3.05, 3.63) is 0 Å². The van der Waals surface area contributed by atoms with E-state index in [9.17, 15) is 14.7 Å². The molecule has 5 heteroatoms. The summed E-state index contributed by atoms with van der Waals surface area (Å²) in [5, 5.41) is 19.7. The van der Waals surface area contributed by atoms with Gasteiger partial charge in [-0.15, -0.1) is 0 Å². The van der Waals surface area contributed by atoms with Gasteiger partial charge in [0.05, 0.1) is 5.41 Å². The first-order chi connectivity index (χ1) is 6.15. The SMILES string of the molecule is CCC(C)(CC(C)(C)C(=O)[O-])C(=O)O.[Na+]. The molecule has 0 fully saturated rings. The molecule has 0 aromatic carbocycles. The first-order valence-electron chi connectivity index (χ1n) is 4.60. The van der Waals surface area contributed by atoms with E-state index in [0.717, 1.165) is 0 Å². The number of aliphatic carboxylic acids is 2. The van der Waals surface area contributed by atoms with Gasteiger partial charge in [0.2, 0.25) is 0 Å². The topological polar surface area (TPSA) is 77.4 Å². The van der Waals surface area contributed by atoms with Gasteiger partial charge in [0.15, 0.2) is 0 Å². The van der Waals surface area contributed by atoms with Crippen LogP contribution < -0.4 is 34.7 Å². The van der Waals surface area contributed by atoms with E-state index >= 15 is 0 Å². The molecular formula is C10H17NaO4. The summed E-state index contributed by atoms with van der Waals surface area (Å²) < 4.78 is 0. The van der Waals surface area contributed by atoms with Crippen molar-refractivity contribution in [3.63, 3.8) is 0 Å². The summed E-state index contributed by atoms with van der Waals surface area (Å²) in [6, 6.07) is 0. The van der Waals surface area contributed by atoms with Gasteiger partial charge in [-0.1, -0.05) is 20.8 Å². The molecule has 0 aliphatic heterocycles. The van der Waals surface area contributed by atoms with E-state index in [1.165, 1.54) is 13.8 Å². The molecule has 0 amide bonds. The van der Waals surface area contributed by atoms with Crippen LogP contribution in [0.1, 0.15) is 40.5 Å². The third-order valence-corrected chi connectivity index (χ3v) is 2.68. The van der Waals surface area contributed by atoms with Crippen molar-refractivity contribution in [3.8, 4) is 0 Å². The van der Waals surface area contributed by atoms with Crippen molar-refractivity contribution < 1.29 is 49.4 Å². The number of carboxylic acids is 2. The molecule has 0 aromatic rings. The number of hydrogen-bond acceptors (Lipinski definition) is 3. The van der Waals surface area contributed by atoms with E-state index in [1.54, 1.807) is 13.8 Å². The minimum Gasteiger partial charge on any atom is -0.550 e. The Hall–Kier alpha value is -0.0600. The van der Waals surface area contributed by atoms with Crippen molar-refractivity contribution in [1.29, 1.82) is 0 Å². The zero-order valence-corrected chi connectivity index (χ0v) is 12.1. The van der Waals surface area contributed by atoms with E-state index in [1.807, 2.05) is 0 Å². The largest absolute Gasteiger partial charge is 1.00 e. The molecule has 0 rings (SSSR count). The number of carbonyl (C=O) groups excluding carboxylic acids is 1. The minimum atomic E-state index is -1.21. The van der Waals surface area contributed by atoms with Crippen LogP contribution in [0.2, 0.25) is 0 Å². The second-order valence-corrected chi connectivity index (χ2v) is 4.57. The summed E-state index contributed by atoms with van der Waals surface area (Å²) in [4.78, 5) is 21.7. The van der Waals surface area contributed by atoms with Crippen LogP contribution in [0.15, 0.2) is 0 Å². The van der Waals surface area contributed by atoms with Crippen molar-refractivity contribution in [2.24, 2.45) is 10.8 Å². The fourth-order valence-corrected chi connectivity index (χ4v) is 1.40. The molecule has 0 bridgehead atoms. The third kappa shape index (κ3) is 4.53. The standard InChI is InChI=1S/C10H18O4.Na/c1-5-10(4,8(13)14)6-9(2,3)7(11)12;/h5-6H2,1-4H3,(H,11,12)(H,13,14);/q;+1/p-1. The van der Waals surface area contributed by atoms with Gasteiger partial charge < -0.3 is 15.0 Å². The summed E-state index contributed by atoms with van der Waals surface area (Å²) >= 11 is 0. The maximum Gasteiger partial charge on any atom is 1.00 e. The molecule has 0 heterocycles. The van der Waals surface area contributed by atoms with Gasteiger partial charge in [-0.25, -0.2) is 0 Å². The van der Waals surface area contributed by atoms with Crippen LogP contribution in [0.3, 0.4) is 0 Å². The van der Waals surface area contributed by atoms with Crippen LogP contribution in [0, 0.1) is 10.8 Å². The van der Waals surface area contributed by atoms with E-state index in [0.29, 0.717) is 6.42 Å². The monoisotopic (exact) mass is 224 g/mol. The van der Waals surface area contributed by atoms with Crippen molar-refractivity contribution >= 4 is 11.9 Å². The van der Waals surface area contributed by atoms with E-state index in [4.69, 9.17) is 5.11 Å². The van der Waals surface area contributed by atoms with Crippen LogP contribution in [0.4, 0.5) is 0 Å². The first-order valence-corrected chi connectivity index (χ1v) is 4.60. The molecule has 4 nitrogen and oxygen atoms in total. The average Bonchev–Trinajstić information content (AvgIpc) is 2.02. The molecule has 15 heavy (non-hydrogen) atoms. The van der Waals surface area contributed by atoms with Crippen LogP contribution >= 0.6 is 0 Å². The molecule has 1 N–H and O–H groups in total. The van der Waals surface area contributed by atoms with Gasteiger partial charge in [0.25, 0.3) is 0 Å². The van der Waals surface area contributed by atoms with E-state index in [2.05, 4.69) is 0 Å². The van der Waals surface area contributed by atoms with Crippen LogP contribution in [-0.4, -0.2) is 17.0 Å². The Kier molecular flexibility index (Phi) is 6.79. The molecule has 0 spiro atoms. The molecule has 0 aliphatic rings. The van der Waals surface area contributed by atoms with Gasteiger partial charge in [0.1, 0.15) is 0 Å². The van der Waals surface area contributed by atoms with Crippen molar-refractivity contribution in [1.82, 2.24) is 0 Å². The van der Waals surface area contributed by atoms with Gasteiger partial charge in [-0.2, -0.15) is 0 Å². The predicted molar refractivity (Wildman–Crippen MR) is 49.4 cm³/mol. The van der Waals surface area contributed by atoms with Crippen LogP contribution in [-0.2, 0) is 9.59 Å². The van der Waals surface area contributed by atoms with E-state index < -0.39 is 22.8 Å². The Morgan fingerprint density at radius 2 is 1.67 bits per heavy atom. The molecule has 1 unspecified atom stereocenters. The summed E-state index contributed by atoms with van der Waals surface area (Å²) in [6.07, 6.45) is 0.479. The Balaban J connectivity index is 0. The van der Waals surface area contributed by atoms with Gasteiger partial charge in [0, 0.05) is 11.4 Å². The number of hydrogen-bond donors (Lipinski definition) is 1. The van der Waals surface area contributed by atoms with Crippen molar-refractivity contribution in [2.75, 3.05) is 0 Å². The zero-order valence-electron chi connectivity index (χ0n) is 10.1. The fourth-order valence-electron chi connectivity index (χ4n) is 1.40. The molecule has 82 valence electrons. The van der Waals surface area contributed by atoms with E-state index in [-0.39, 0.29) is 36.0 Å². The maximum absolute atomic E-state index is 10.9. The quantitative estimate of drug-likeness (QED) is 0.531. The summed E-state index contributed by atoms with van der Waals surface area (Å²) in [6.45, 7) is 6.26. The number of carbonyl (C=O) groups is 2. The average molecular weight is 224 g/mol. The van der Waals surface area contributed by atoms with Gasteiger partial charge in [-0.05, 0) is 19.8 Å². The zero-order chi connectivity index (χ0) is 11.6. The maximum atomic E-state index is 10.9.